The molecule has 2 aromatic carbocycles. The van der Waals surface area contributed by atoms with Crippen LogP contribution in [0.15, 0.2) is 58.7 Å². The number of benzene rings is 2. The zero-order valence-electron chi connectivity index (χ0n) is 19.0. The molecule has 2 aliphatic heterocycles. The van der Waals surface area contributed by atoms with E-state index >= 15 is 0 Å². The van der Waals surface area contributed by atoms with Gasteiger partial charge in [0.05, 0.1) is 18.7 Å². The molecule has 2 aromatic rings. The first-order valence-electron chi connectivity index (χ1n) is 12.0. The molecular formula is C27H29N3O3. The molecule has 0 radical (unpaired) electrons. The summed E-state index contributed by atoms with van der Waals surface area (Å²) in [6.07, 6.45) is 7.11. The Hall–Kier alpha value is -3.28. The van der Waals surface area contributed by atoms with Crippen molar-refractivity contribution in [3.8, 4) is 11.1 Å². The number of hydrogen-bond donors (Lipinski definition) is 0. The number of oxime groups is 1. The molecule has 1 saturated carbocycles. The number of nitrogens with zero attached hydrogens (tertiary/aromatic N) is 3. The summed E-state index contributed by atoms with van der Waals surface area (Å²) in [5.41, 5.74) is 4.19. The highest BCUT2D eigenvalue weighted by Gasteiger charge is 2.49. The highest BCUT2D eigenvalue weighted by molar-refractivity contribution is 6.14. The van der Waals surface area contributed by atoms with Gasteiger partial charge in [0.1, 0.15) is 11.4 Å². The van der Waals surface area contributed by atoms with Crippen LogP contribution in [0.1, 0.15) is 69.4 Å². The maximum absolute atomic E-state index is 13.4. The first-order chi connectivity index (χ1) is 16.1. The Bertz CT molecular complexity index is 1130. The second-order valence-corrected chi connectivity index (χ2v) is 9.18. The second-order valence-electron chi connectivity index (χ2n) is 9.18. The summed E-state index contributed by atoms with van der Waals surface area (Å²) in [5.74, 6) is 0.817. The van der Waals surface area contributed by atoms with Crippen molar-refractivity contribution in [1.82, 2.24) is 4.90 Å². The lowest BCUT2D eigenvalue weighted by molar-refractivity contribution is -0.140. The molecule has 6 heteroatoms. The van der Waals surface area contributed by atoms with Gasteiger partial charge in [-0.05, 0) is 36.0 Å². The van der Waals surface area contributed by atoms with Gasteiger partial charge < -0.3 is 4.84 Å². The maximum Gasteiger partial charge on any atom is 0.341 e. The molecule has 1 fully saturated rings. The fourth-order valence-corrected chi connectivity index (χ4v) is 5.11. The zero-order chi connectivity index (χ0) is 22.8. The summed E-state index contributed by atoms with van der Waals surface area (Å²) in [6, 6.07) is 16.2. The summed E-state index contributed by atoms with van der Waals surface area (Å²) in [6.45, 7) is 2.73. The Kier molecular flexibility index (Phi) is 5.83. The minimum absolute atomic E-state index is 0.185. The van der Waals surface area contributed by atoms with Crippen LogP contribution in [-0.4, -0.2) is 33.9 Å². The molecule has 0 saturated heterocycles. The van der Waals surface area contributed by atoms with Gasteiger partial charge >= 0.3 is 5.97 Å². The molecule has 170 valence electrons. The normalized spacial score (nSPS) is 19.2. The van der Waals surface area contributed by atoms with Gasteiger partial charge in [-0.1, -0.05) is 79.9 Å². The van der Waals surface area contributed by atoms with Crippen LogP contribution in [-0.2, 0) is 21.0 Å². The van der Waals surface area contributed by atoms with E-state index in [9.17, 15) is 9.59 Å². The van der Waals surface area contributed by atoms with Crippen molar-refractivity contribution in [1.29, 1.82) is 0 Å². The van der Waals surface area contributed by atoms with E-state index in [1.165, 1.54) is 0 Å². The summed E-state index contributed by atoms with van der Waals surface area (Å²) < 4.78 is 0. The van der Waals surface area contributed by atoms with E-state index in [1.807, 2.05) is 29.2 Å². The summed E-state index contributed by atoms with van der Waals surface area (Å²) >= 11 is 0. The predicted octanol–water partition coefficient (Wildman–Crippen LogP) is 5.25. The van der Waals surface area contributed by atoms with Crippen molar-refractivity contribution in [3.63, 3.8) is 0 Å². The molecule has 3 aliphatic rings. The van der Waals surface area contributed by atoms with E-state index in [0.717, 1.165) is 73.0 Å². The highest BCUT2D eigenvalue weighted by Crippen LogP contribution is 2.40. The molecular weight excluding hydrogens is 414 g/mol. The number of carbonyl (C=O) groups is 2. The van der Waals surface area contributed by atoms with E-state index in [4.69, 9.17) is 9.83 Å². The van der Waals surface area contributed by atoms with E-state index < -0.39 is 5.54 Å². The van der Waals surface area contributed by atoms with E-state index in [2.05, 4.69) is 36.3 Å². The molecule has 2 heterocycles. The van der Waals surface area contributed by atoms with Gasteiger partial charge in [-0.3, -0.25) is 14.7 Å². The molecule has 1 aliphatic carbocycles. The third kappa shape index (κ3) is 4.10. The number of amides is 1. The van der Waals surface area contributed by atoms with Crippen LogP contribution >= 0.6 is 0 Å². The SMILES string of the molecule is CCCCC1=NC2(CCCC2)C(=O)N1Cc1ccc(-c2ccccc2C2=NOC(=O)C2)cc1. The van der Waals surface area contributed by atoms with Crippen LogP contribution in [0.5, 0.6) is 0 Å². The largest absolute Gasteiger partial charge is 0.341 e. The van der Waals surface area contributed by atoms with Gasteiger partial charge in [-0.15, -0.1) is 0 Å². The van der Waals surface area contributed by atoms with E-state index in [-0.39, 0.29) is 18.3 Å². The standard InChI is InChI=1S/C27H29N3O3/c1-2-3-10-24-28-27(15-6-7-16-27)26(32)30(24)18-19-11-13-20(14-12-19)21-8-4-5-9-22(21)23-17-25(31)33-29-23/h4-5,8-9,11-14H,2-3,6-7,10,15-18H2,1H3. The minimum atomic E-state index is -0.497. The van der Waals surface area contributed by atoms with Crippen LogP contribution < -0.4 is 0 Å². The number of carbonyl (C=O) groups excluding carboxylic acids is 2. The number of unbranched alkanes of at least 4 members (excludes halogenated alkanes) is 1. The first kappa shape index (κ1) is 21.6. The fourth-order valence-electron chi connectivity index (χ4n) is 5.11. The smallest absolute Gasteiger partial charge is 0.318 e. The molecule has 33 heavy (non-hydrogen) atoms. The van der Waals surface area contributed by atoms with Crippen LogP contribution in [0.2, 0.25) is 0 Å². The van der Waals surface area contributed by atoms with Crippen LogP contribution in [0.4, 0.5) is 0 Å². The maximum atomic E-state index is 13.4. The Balaban J connectivity index is 1.37. The molecule has 0 N–H and O–H groups in total. The Morgan fingerprint density at radius 1 is 1.00 bits per heavy atom. The molecule has 0 aromatic heterocycles. The van der Waals surface area contributed by atoms with Gasteiger partial charge in [-0.25, -0.2) is 4.79 Å². The molecule has 0 unspecified atom stereocenters. The quantitative estimate of drug-likeness (QED) is 0.549. The third-order valence-electron chi connectivity index (χ3n) is 6.90. The summed E-state index contributed by atoms with van der Waals surface area (Å²) in [5, 5.41) is 3.94. The molecule has 6 nitrogen and oxygen atoms in total. The molecule has 1 amide bonds. The van der Waals surface area contributed by atoms with E-state index in [0.29, 0.717) is 12.3 Å². The fraction of sp³-hybridized carbons (Fsp3) is 0.407. The number of rotatable bonds is 7. The average Bonchev–Trinajstić information content (AvgIpc) is 3.55. The van der Waals surface area contributed by atoms with Crippen LogP contribution in [0.25, 0.3) is 11.1 Å². The highest BCUT2D eigenvalue weighted by atomic mass is 16.7. The van der Waals surface area contributed by atoms with Crippen LogP contribution in [0, 0.1) is 0 Å². The Morgan fingerprint density at radius 2 is 1.73 bits per heavy atom. The van der Waals surface area contributed by atoms with Gasteiger partial charge in [0.2, 0.25) is 0 Å². The summed E-state index contributed by atoms with van der Waals surface area (Å²) in [4.78, 5) is 36.6. The molecule has 0 atom stereocenters. The molecule has 0 bridgehead atoms. The van der Waals surface area contributed by atoms with Crippen molar-refractivity contribution >= 4 is 23.4 Å². The topological polar surface area (TPSA) is 71.3 Å². The predicted molar refractivity (Wildman–Crippen MR) is 128 cm³/mol. The number of hydrogen-bond acceptors (Lipinski definition) is 5. The first-order valence-corrected chi connectivity index (χ1v) is 12.0. The monoisotopic (exact) mass is 443 g/mol. The lowest BCUT2D eigenvalue weighted by atomic mass is 9.95. The number of amidine groups is 1. The van der Waals surface area contributed by atoms with Crippen molar-refractivity contribution in [2.75, 3.05) is 0 Å². The Labute approximate surface area is 194 Å². The van der Waals surface area contributed by atoms with Crippen molar-refractivity contribution in [2.45, 2.75) is 70.4 Å². The molecule has 5 rings (SSSR count). The van der Waals surface area contributed by atoms with Gasteiger partial charge in [0.15, 0.2) is 0 Å². The van der Waals surface area contributed by atoms with Gasteiger partial charge in [0, 0.05) is 12.0 Å². The van der Waals surface area contributed by atoms with E-state index in [1.54, 1.807) is 0 Å². The van der Waals surface area contributed by atoms with Gasteiger partial charge in [0.25, 0.3) is 5.91 Å². The van der Waals surface area contributed by atoms with Crippen molar-refractivity contribution < 1.29 is 14.4 Å². The lowest BCUT2D eigenvalue weighted by Gasteiger charge is -2.23. The van der Waals surface area contributed by atoms with Crippen molar-refractivity contribution in [2.24, 2.45) is 10.1 Å². The summed E-state index contributed by atoms with van der Waals surface area (Å²) in [7, 11) is 0. The third-order valence-corrected chi connectivity index (χ3v) is 6.90. The number of aliphatic imine (C=N–C) groups is 1. The van der Waals surface area contributed by atoms with Crippen LogP contribution in [0.3, 0.4) is 0 Å². The lowest BCUT2D eigenvalue weighted by Crippen LogP contribution is -2.40. The Morgan fingerprint density at radius 3 is 2.39 bits per heavy atom. The zero-order valence-corrected chi connectivity index (χ0v) is 19.0. The second kappa shape index (κ2) is 8.93. The van der Waals surface area contributed by atoms with Gasteiger partial charge in [-0.2, -0.15) is 0 Å². The average molecular weight is 444 g/mol. The van der Waals surface area contributed by atoms with Crippen molar-refractivity contribution in [3.05, 3.63) is 59.7 Å². The minimum Gasteiger partial charge on any atom is -0.318 e. The molecule has 1 spiro atoms.